The molecule has 1 saturated heterocycles. The Kier molecular flexibility index (Phi) is 4.63. The van der Waals surface area contributed by atoms with Gasteiger partial charge in [-0.2, -0.15) is 0 Å². The molecular weight excluding hydrogens is 244 g/mol. The topological polar surface area (TPSA) is 59.6 Å². The van der Waals surface area contributed by atoms with E-state index in [-0.39, 0.29) is 11.9 Å². The number of amides is 1. The molecule has 0 radical (unpaired) electrons. The molecule has 104 valence electrons. The van der Waals surface area contributed by atoms with E-state index in [1.165, 1.54) is 0 Å². The highest BCUT2D eigenvalue weighted by Gasteiger charge is 2.20. The summed E-state index contributed by atoms with van der Waals surface area (Å²) in [5.41, 5.74) is 0.514. The van der Waals surface area contributed by atoms with Crippen LogP contribution in [0.25, 0.3) is 0 Å². The number of carbonyl (C=O) groups excluding carboxylic acids is 1. The minimum atomic E-state index is -0.109. The largest absolute Gasteiger partial charge is 0.493 e. The Morgan fingerprint density at radius 3 is 2.63 bits per heavy atom. The Bertz CT molecular complexity index is 442. The summed E-state index contributed by atoms with van der Waals surface area (Å²) in [6.07, 6.45) is 1.91. The number of hydrogen-bond donors (Lipinski definition) is 2. The Hall–Kier alpha value is -1.75. The first-order chi connectivity index (χ1) is 9.26. The summed E-state index contributed by atoms with van der Waals surface area (Å²) in [6.45, 7) is 1.89. The van der Waals surface area contributed by atoms with Crippen LogP contribution < -0.4 is 20.1 Å². The third kappa shape index (κ3) is 3.17. The second kappa shape index (κ2) is 6.43. The normalized spacial score (nSPS) is 15.9. The smallest absolute Gasteiger partial charge is 0.255 e. The SMILES string of the molecule is COc1cccc(C(=O)NC2CCNCC2)c1OC. The zero-order valence-electron chi connectivity index (χ0n) is 11.4. The first-order valence-electron chi connectivity index (χ1n) is 6.49. The lowest BCUT2D eigenvalue weighted by Crippen LogP contribution is -2.42. The molecule has 0 spiro atoms. The lowest BCUT2D eigenvalue weighted by Gasteiger charge is -2.24. The van der Waals surface area contributed by atoms with Crippen molar-refractivity contribution >= 4 is 5.91 Å². The van der Waals surface area contributed by atoms with Gasteiger partial charge >= 0.3 is 0 Å². The van der Waals surface area contributed by atoms with Crippen LogP contribution in [0, 0.1) is 0 Å². The highest BCUT2D eigenvalue weighted by Crippen LogP contribution is 2.30. The first kappa shape index (κ1) is 13.7. The molecule has 0 unspecified atom stereocenters. The highest BCUT2D eigenvalue weighted by molar-refractivity contribution is 5.98. The zero-order chi connectivity index (χ0) is 13.7. The molecule has 5 heteroatoms. The number of ether oxygens (including phenoxy) is 2. The maximum atomic E-state index is 12.3. The lowest BCUT2D eigenvalue weighted by atomic mass is 10.1. The molecule has 0 aromatic heterocycles. The number of para-hydroxylation sites is 1. The summed E-state index contributed by atoms with van der Waals surface area (Å²) in [6, 6.07) is 5.54. The zero-order valence-corrected chi connectivity index (χ0v) is 11.4. The molecule has 0 bridgehead atoms. The van der Waals surface area contributed by atoms with Gasteiger partial charge in [0.2, 0.25) is 0 Å². The molecule has 2 rings (SSSR count). The fourth-order valence-corrected chi connectivity index (χ4v) is 2.30. The van der Waals surface area contributed by atoms with Crippen molar-refractivity contribution in [2.24, 2.45) is 0 Å². The van der Waals surface area contributed by atoms with Gasteiger partial charge in [-0.15, -0.1) is 0 Å². The van der Waals surface area contributed by atoms with E-state index in [9.17, 15) is 4.79 Å². The number of piperidine rings is 1. The molecule has 1 aromatic rings. The maximum Gasteiger partial charge on any atom is 0.255 e. The number of rotatable bonds is 4. The second-order valence-electron chi connectivity index (χ2n) is 4.54. The molecule has 1 aliphatic heterocycles. The average Bonchev–Trinajstić information content (AvgIpc) is 2.47. The van der Waals surface area contributed by atoms with E-state index in [4.69, 9.17) is 9.47 Å². The van der Waals surface area contributed by atoms with Crippen molar-refractivity contribution in [3.8, 4) is 11.5 Å². The van der Waals surface area contributed by atoms with E-state index >= 15 is 0 Å². The summed E-state index contributed by atoms with van der Waals surface area (Å²) in [5, 5.41) is 6.32. The number of methoxy groups -OCH3 is 2. The van der Waals surface area contributed by atoms with E-state index < -0.39 is 0 Å². The van der Waals surface area contributed by atoms with Crippen molar-refractivity contribution in [2.45, 2.75) is 18.9 Å². The van der Waals surface area contributed by atoms with E-state index in [0.717, 1.165) is 25.9 Å². The molecule has 0 saturated carbocycles. The van der Waals surface area contributed by atoms with Crippen LogP contribution in [0.2, 0.25) is 0 Å². The summed E-state index contributed by atoms with van der Waals surface area (Å²) in [4.78, 5) is 12.3. The first-order valence-corrected chi connectivity index (χ1v) is 6.49. The average molecular weight is 264 g/mol. The van der Waals surface area contributed by atoms with Gasteiger partial charge in [-0.25, -0.2) is 0 Å². The van der Waals surface area contributed by atoms with Gasteiger partial charge in [0.15, 0.2) is 11.5 Å². The van der Waals surface area contributed by atoms with Crippen molar-refractivity contribution in [1.82, 2.24) is 10.6 Å². The van der Waals surface area contributed by atoms with Crippen molar-refractivity contribution < 1.29 is 14.3 Å². The number of hydrogen-bond acceptors (Lipinski definition) is 4. The molecule has 0 atom stereocenters. The number of benzene rings is 1. The third-order valence-electron chi connectivity index (χ3n) is 3.32. The molecule has 1 amide bonds. The van der Waals surface area contributed by atoms with Crippen molar-refractivity contribution in [3.05, 3.63) is 23.8 Å². The van der Waals surface area contributed by atoms with Gasteiger partial charge in [0.1, 0.15) is 0 Å². The van der Waals surface area contributed by atoms with Gasteiger partial charge in [0.25, 0.3) is 5.91 Å². The summed E-state index contributed by atoms with van der Waals surface area (Å²) in [7, 11) is 3.10. The van der Waals surface area contributed by atoms with Crippen LogP contribution in [-0.2, 0) is 0 Å². The quantitative estimate of drug-likeness (QED) is 0.857. The van der Waals surface area contributed by atoms with Crippen molar-refractivity contribution in [3.63, 3.8) is 0 Å². The summed E-state index contributed by atoms with van der Waals surface area (Å²) >= 11 is 0. The molecule has 1 fully saturated rings. The predicted molar refractivity (Wildman–Crippen MR) is 72.9 cm³/mol. The van der Waals surface area contributed by atoms with Gasteiger partial charge in [-0.1, -0.05) is 6.07 Å². The van der Waals surface area contributed by atoms with Gasteiger partial charge in [-0.05, 0) is 38.1 Å². The molecule has 19 heavy (non-hydrogen) atoms. The van der Waals surface area contributed by atoms with Crippen LogP contribution >= 0.6 is 0 Å². The molecule has 1 heterocycles. The van der Waals surface area contributed by atoms with Gasteiger partial charge in [0, 0.05) is 6.04 Å². The van der Waals surface area contributed by atoms with Crippen LogP contribution in [0.3, 0.4) is 0 Å². The van der Waals surface area contributed by atoms with Crippen LogP contribution in [0.4, 0.5) is 0 Å². The minimum Gasteiger partial charge on any atom is -0.493 e. The standard InChI is InChI=1S/C14H20N2O3/c1-18-12-5-3-4-11(13(12)19-2)14(17)16-10-6-8-15-9-7-10/h3-5,10,15H,6-9H2,1-2H3,(H,16,17). The van der Waals surface area contributed by atoms with Crippen LogP contribution in [0.1, 0.15) is 23.2 Å². The van der Waals surface area contributed by atoms with E-state index in [1.54, 1.807) is 32.4 Å². The maximum absolute atomic E-state index is 12.3. The fraction of sp³-hybridized carbons (Fsp3) is 0.500. The van der Waals surface area contributed by atoms with E-state index in [2.05, 4.69) is 10.6 Å². The number of carbonyl (C=O) groups is 1. The Balaban J connectivity index is 2.13. The predicted octanol–water partition coefficient (Wildman–Crippen LogP) is 1.19. The molecule has 0 aliphatic carbocycles. The van der Waals surface area contributed by atoms with Gasteiger partial charge < -0.3 is 20.1 Å². The third-order valence-corrected chi connectivity index (χ3v) is 3.32. The minimum absolute atomic E-state index is 0.109. The van der Waals surface area contributed by atoms with E-state index in [1.807, 2.05) is 0 Å². The molecule has 1 aromatic carbocycles. The molecule has 1 aliphatic rings. The van der Waals surface area contributed by atoms with Crippen molar-refractivity contribution in [1.29, 1.82) is 0 Å². The van der Waals surface area contributed by atoms with Gasteiger partial charge in [0.05, 0.1) is 19.8 Å². The highest BCUT2D eigenvalue weighted by atomic mass is 16.5. The number of nitrogens with one attached hydrogen (secondary N) is 2. The fourth-order valence-electron chi connectivity index (χ4n) is 2.30. The summed E-state index contributed by atoms with van der Waals surface area (Å²) < 4.78 is 10.5. The van der Waals surface area contributed by atoms with Crippen molar-refractivity contribution in [2.75, 3.05) is 27.3 Å². The molecule has 5 nitrogen and oxygen atoms in total. The Labute approximate surface area is 113 Å². The monoisotopic (exact) mass is 264 g/mol. The molecule has 2 N–H and O–H groups in total. The van der Waals surface area contributed by atoms with Crippen LogP contribution in [0.5, 0.6) is 11.5 Å². The van der Waals surface area contributed by atoms with E-state index in [0.29, 0.717) is 17.1 Å². The van der Waals surface area contributed by atoms with Gasteiger partial charge in [-0.3, -0.25) is 4.79 Å². The van der Waals surface area contributed by atoms with Crippen LogP contribution in [-0.4, -0.2) is 39.3 Å². The Morgan fingerprint density at radius 2 is 2.00 bits per heavy atom. The Morgan fingerprint density at radius 1 is 1.26 bits per heavy atom. The second-order valence-corrected chi connectivity index (χ2v) is 4.54. The van der Waals surface area contributed by atoms with Crippen LogP contribution in [0.15, 0.2) is 18.2 Å². The lowest BCUT2D eigenvalue weighted by molar-refractivity contribution is 0.0926. The molecular formula is C14H20N2O3. The summed E-state index contributed by atoms with van der Waals surface area (Å²) in [5.74, 6) is 0.944.